The van der Waals surface area contributed by atoms with Gasteiger partial charge in [-0.25, -0.2) is 9.79 Å². The van der Waals surface area contributed by atoms with E-state index in [9.17, 15) is 24.0 Å². The minimum Gasteiger partial charge on any atom is -0.477 e. The summed E-state index contributed by atoms with van der Waals surface area (Å²) in [5, 5.41) is 18.6. The Labute approximate surface area is 224 Å². The number of nitrogens with zero attached hydrogens (tertiary/aromatic N) is 3. The molecule has 3 rings (SSSR count). The third-order valence-corrected chi connectivity index (χ3v) is 7.77. The van der Waals surface area contributed by atoms with Gasteiger partial charge in [0, 0.05) is 30.5 Å². The van der Waals surface area contributed by atoms with Gasteiger partial charge in [-0.05, 0) is 25.7 Å². The van der Waals surface area contributed by atoms with Crippen LogP contribution in [0.2, 0.25) is 0 Å². The number of carbonyl (C=O) groups excluding carboxylic acids is 4. The maximum atomic E-state index is 14.1. The molecule has 1 saturated heterocycles. The summed E-state index contributed by atoms with van der Waals surface area (Å²) in [6.07, 6.45) is 6.54. The summed E-state index contributed by atoms with van der Waals surface area (Å²) in [7, 11) is 0. The first-order valence-corrected chi connectivity index (χ1v) is 13.5. The van der Waals surface area contributed by atoms with Gasteiger partial charge in [-0.2, -0.15) is 0 Å². The molecule has 1 aromatic heterocycles. The second-order valence-corrected chi connectivity index (χ2v) is 10.2. The number of carboxylic acids is 1. The minimum atomic E-state index is -1.34. The van der Waals surface area contributed by atoms with E-state index in [2.05, 4.69) is 4.99 Å². The first-order chi connectivity index (χ1) is 18.1. The Bertz CT molecular complexity index is 1120. The standard InChI is InChI=1S/C25H33N5O7S/c1-15(31)37-13-17-18(14-38-22(17)23(27)28-12-21(33)34)24(35)30(16-7-4-2-3-5-8-16)25(36)19-9-6-10-29(19)20(32)11-26/h12,14,16,19,27H,2-11,13,26H2,1H3,(H,33,34)/t19-/m0/s1. The molecule has 0 spiro atoms. The summed E-state index contributed by atoms with van der Waals surface area (Å²) < 4.78 is 5.14. The summed E-state index contributed by atoms with van der Waals surface area (Å²) in [6, 6.07) is -1.17. The molecular formula is C25H33N5O7S. The van der Waals surface area contributed by atoms with Gasteiger partial charge >= 0.3 is 11.9 Å². The van der Waals surface area contributed by atoms with E-state index in [0.717, 1.165) is 37.0 Å². The van der Waals surface area contributed by atoms with Crippen LogP contribution in [0.25, 0.3) is 0 Å². The number of ether oxygens (including phenoxy) is 1. The smallest absolute Gasteiger partial charge is 0.347 e. The number of nitrogens with two attached hydrogens (primary N) is 1. The molecule has 0 bridgehead atoms. The van der Waals surface area contributed by atoms with Crippen LogP contribution < -0.4 is 5.73 Å². The van der Waals surface area contributed by atoms with Crippen LogP contribution in [0.5, 0.6) is 0 Å². The zero-order valence-corrected chi connectivity index (χ0v) is 22.1. The molecule has 4 N–H and O–H groups in total. The second-order valence-electron chi connectivity index (χ2n) is 9.29. The number of thiophene rings is 1. The van der Waals surface area contributed by atoms with Crippen LogP contribution in [0.15, 0.2) is 10.4 Å². The predicted octanol–water partition coefficient (Wildman–Crippen LogP) is 1.93. The summed E-state index contributed by atoms with van der Waals surface area (Å²) in [5.41, 5.74) is 5.82. The van der Waals surface area contributed by atoms with Gasteiger partial charge in [-0.3, -0.25) is 29.5 Å². The number of rotatable bonds is 8. The number of aliphatic carboxylic acids is 1. The molecule has 1 aliphatic carbocycles. The molecule has 1 aromatic rings. The maximum absolute atomic E-state index is 14.1. The van der Waals surface area contributed by atoms with Crippen molar-refractivity contribution in [2.45, 2.75) is 77.0 Å². The summed E-state index contributed by atoms with van der Waals surface area (Å²) in [5.74, 6) is -3.80. The monoisotopic (exact) mass is 547 g/mol. The number of aliphatic imine (C=N–C) groups is 1. The fraction of sp³-hybridized carbons (Fsp3) is 0.560. The van der Waals surface area contributed by atoms with Crippen molar-refractivity contribution >= 4 is 53.0 Å². The van der Waals surface area contributed by atoms with Crippen LogP contribution in [0.1, 0.15) is 79.1 Å². The third-order valence-electron chi connectivity index (χ3n) is 6.74. The molecule has 0 radical (unpaired) electrons. The van der Waals surface area contributed by atoms with Gasteiger partial charge < -0.3 is 20.5 Å². The Kier molecular flexibility index (Phi) is 10.2. The van der Waals surface area contributed by atoms with Crippen LogP contribution in [0, 0.1) is 5.41 Å². The highest BCUT2D eigenvalue weighted by Crippen LogP contribution is 2.31. The summed E-state index contributed by atoms with van der Waals surface area (Å²) in [6.45, 7) is 0.999. The van der Waals surface area contributed by atoms with Gasteiger partial charge in [0.1, 0.15) is 18.9 Å². The van der Waals surface area contributed by atoms with E-state index in [1.54, 1.807) is 0 Å². The van der Waals surface area contributed by atoms with Gasteiger partial charge in [-0.15, -0.1) is 11.3 Å². The van der Waals surface area contributed by atoms with Gasteiger partial charge in [-0.1, -0.05) is 25.7 Å². The molecule has 1 atom stereocenters. The number of carboxylic acid groups (broad SMARTS) is 1. The van der Waals surface area contributed by atoms with Crippen LogP contribution in [-0.4, -0.2) is 81.8 Å². The van der Waals surface area contributed by atoms with E-state index >= 15 is 0 Å². The molecular weight excluding hydrogens is 514 g/mol. The molecule has 38 heavy (non-hydrogen) atoms. The average molecular weight is 548 g/mol. The lowest BCUT2D eigenvalue weighted by molar-refractivity contribution is -0.143. The molecule has 2 heterocycles. The fourth-order valence-corrected chi connectivity index (χ4v) is 5.90. The van der Waals surface area contributed by atoms with E-state index in [1.165, 1.54) is 22.1 Å². The topological polar surface area (TPSA) is 184 Å². The molecule has 12 nitrogen and oxygen atoms in total. The van der Waals surface area contributed by atoms with Crippen molar-refractivity contribution in [3.63, 3.8) is 0 Å². The van der Waals surface area contributed by atoms with E-state index in [0.29, 0.717) is 38.4 Å². The number of amidine groups is 1. The zero-order valence-electron chi connectivity index (χ0n) is 21.3. The highest BCUT2D eigenvalue weighted by Gasteiger charge is 2.42. The molecule has 0 unspecified atom stereocenters. The van der Waals surface area contributed by atoms with Crippen molar-refractivity contribution in [1.29, 1.82) is 5.41 Å². The number of hydrogen-bond acceptors (Lipinski definition) is 9. The van der Waals surface area contributed by atoms with Gasteiger partial charge in [0.15, 0.2) is 5.84 Å². The van der Waals surface area contributed by atoms with Crippen LogP contribution >= 0.6 is 11.3 Å². The first kappa shape index (κ1) is 29.1. The van der Waals surface area contributed by atoms with E-state index in [-0.39, 0.29) is 41.1 Å². The molecule has 3 amide bonds. The second kappa shape index (κ2) is 13.4. The number of imide groups is 1. The van der Waals surface area contributed by atoms with E-state index in [4.69, 9.17) is 21.0 Å². The largest absolute Gasteiger partial charge is 0.477 e. The van der Waals surface area contributed by atoms with Crippen LogP contribution in [0.4, 0.5) is 0 Å². The van der Waals surface area contributed by atoms with Crippen molar-refractivity contribution in [2.75, 3.05) is 13.1 Å². The molecule has 1 aliphatic heterocycles. The number of amides is 3. The number of carbonyl (C=O) groups is 5. The van der Waals surface area contributed by atoms with Crippen molar-refractivity contribution < 1.29 is 33.8 Å². The Hall–Kier alpha value is -3.45. The molecule has 206 valence electrons. The zero-order chi connectivity index (χ0) is 27.8. The minimum absolute atomic E-state index is 0.0776. The highest BCUT2D eigenvalue weighted by atomic mass is 32.1. The highest BCUT2D eigenvalue weighted by molar-refractivity contribution is 7.12. The number of esters is 1. The van der Waals surface area contributed by atoms with Gasteiger partial charge in [0.05, 0.1) is 17.0 Å². The fourth-order valence-electron chi connectivity index (χ4n) is 4.95. The van der Waals surface area contributed by atoms with Crippen molar-refractivity contribution in [1.82, 2.24) is 9.80 Å². The summed E-state index contributed by atoms with van der Waals surface area (Å²) >= 11 is 0.975. The summed E-state index contributed by atoms with van der Waals surface area (Å²) in [4.78, 5) is 69.4. The van der Waals surface area contributed by atoms with E-state index < -0.39 is 35.6 Å². The normalized spacial score (nSPS) is 18.3. The molecule has 2 aliphatic rings. The Morgan fingerprint density at radius 2 is 1.87 bits per heavy atom. The number of hydrogen-bond donors (Lipinski definition) is 3. The predicted molar refractivity (Wildman–Crippen MR) is 139 cm³/mol. The molecule has 13 heteroatoms. The SMILES string of the molecule is CC(=O)OCc1c(C(=O)N(C(=O)[C@@H]2CCCN2C(=O)CN)C2CCCCCC2)csc1C(=N)N=CC(=O)O. The van der Waals surface area contributed by atoms with Gasteiger partial charge in [0.2, 0.25) is 5.91 Å². The Balaban J connectivity index is 2.04. The van der Waals surface area contributed by atoms with Crippen molar-refractivity contribution in [2.24, 2.45) is 10.7 Å². The van der Waals surface area contributed by atoms with Crippen LogP contribution in [0.3, 0.4) is 0 Å². The van der Waals surface area contributed by atoms with Crippen molar-refractivity contribution in [3.8, 4) is 0 Å². The quantitative estimate of drug-likeness (QED) is 0.145. The Morgan fingerprint density at radius 3 is 2.47 bits per heavy atom. The lowest BCUT2D eigenvalue weighted by Gasteiger charge is -2.34. The molecule has 1 saturated carbocycles. The maximum Gasteiger partial charge on any atom is 0.347 e. The molecule has 2 fully saturated rings. The third kappa shape index (κ3) is 6.90. The first-order valence-electron chi connectivity index (χ1n) is 12.6. The van der Waals surface area contributed by atoms with Gasteiger partial charge in [0.25, 0.3) is 11.8 Å². The van der Waals surface area contributed by atoms with Crippen molar-refractivity contribution in [3.05, 3.63) is 21.4 Å². The average Bonchev–Trinajstić information content (AvgIpc) is 3.46. The van der Waals surface area contributed by atoms with Crippen LogP contribution in [-0.2, 0) is 30.5 Å². The number of nitrogens with one attached hydrogen (secondary N) is 1. The Morgan fingerprint density at radius 1 is 1.18 bits per heavy atom. The lowest BCUT2D eigenvalue weighted by Crippen LogP contribution is -2.54. The number of likely N-dealkylation sites (tertiary alicyclic amines) is 1. The lowest BCUT2D eigenvalue weighted by atomic mass is 10.0. The van der Waals surface area contributed by atoms with E-state index in [1.807, 2.05) is 0 Å². The molecule has 0 aromatic carbocycles.